The maximum atomic E-state index is 12.2. The van der Waals surface area contributed by atoms with Gasteiger partial charge in [-0.3, -0.25) is 9.69 Å². The van der Waals surface area contributed by atoms with Crippen LogP contribution in [0.4, 0.5) is 0 Å². The molecule has 2 saturated heterocycles. The number of rotatable bonds is 6. The molecule has 0 aromatic carbocycles. The van der Waals surface area contributed by atoms with Gasteiger partial charge in [-0.2, -0.15) is 0 Å². The summed E-state index contributed by atoms with van der Waals surface area (Å²) in [7, 11) is 0. The van der Waals surface area contributed by atoms with Gasteiger partial charge in [0.15, 0.2) is 0 Å². The smallest absolute Gasteiger partial charge is 0.237 e. The summed E-state index contributed by atoms with van der Waals surface area (Å²) in [5, 5.41) is 11.8. The zero-order valence-corrected chi connectivity index (χ0v) is 17.8. The van der Waals surface area contributed by atoms with Gasteiger partial charge in [0.25, 0.3) is 0 Å². The van der Waals surface area contributed by atoms with Crippen molar-refractivity contribution in [3.05, 3.63) is 28.6 Å². The van der Waals surface area contributed by atoms with E-state index in [-0.39, 0.29) is 24.4 Å². The van der Waals surface area contributed by atoms with E-state index in [9.17, 15) is 4.79 Å². The van der Waals surface area contributed by atoms with Crippen molar-refractivity contribution in [2.45, 2.75) is 38.3 Å². The molecule has 2 aliphatic rings. The minimum Gasteiger partial charge on any atom is -0.354 e. The Hall–Kier alpha value is -0.990. The van der Waals surface area contributed by atoms with E-state index in [4.69, 9.17) is 4.98 Å². The fourth-order valence-corrected chi connectivity index (χ4v) is 5.49. The molecule has 2 aromatic rings. The van der Waals surface area contributed by atoms with Crippen LogP contribution >= 0.6 is 35.1 Å². The van der Waals surface area contributed by atoms with E-state index < -0.39 is 0 Å². The van der Waals surface area contributed by atoms with Gasteiger partial charge in [-0.05, 0) is 56.1 Å². The number of carbonyl (C=O) groups excluding carboxylic acids is 1. The number of aromatic nitrogens is 1. The summed E-state index contributed by atoms with van der Waals surface area (Å²) in [6.07, 6.45) is 4.48. The number of thiazole rings is 1. The molecule has 4 heterocycles. The standard InChI is InChI=1S/C19H26N4OS2.ClH/c24-18(16-5-1-7-20-16)21-10-14-4-2-8-23(11-14)12-15-13-26-19(22-15)17-6-3-9-25-17;/h3,6,9,13-14,16,20H,1-2,4-5,7-8,10-12H2,(H,21,24);1H. The summed E-state index contributed by atoms with van der Waals surface area (Å²) in [6, 6.07) is 4.23. The molecule has 8 heteroatoms. The molecule has 0 bridgehead atoms. The van der Waals surface area contributed by atoms with Crippen molar-refractivity contribution in [2.24, 2.45) is 5.92 Å². The summed E-state index contributed by atoms with van der Waals surface area (Å²) >= 11 is 3.48. The summed E-state index contributed by atoms with van der Waals surface area (Å²) < 4.78 is 0. The Balaban J connectivity index is 0.00000210. The Morgan fingerprint density at radius 2 is 2.26 bits per heavy atom. The Labute approximate surface area is 175 Å². The van der Waals surface area contributed by atoms with Crippen LogP contribution in [0.15, 0.2) is 22.9 Å². The van der Waals surface area contributed by atoms with Gasteiger partial charge < -0.3 is 10.6 Å². The molecule has 0 radical (unpaired) electrons. The van der Waals surface area contributed by atoms with Crippen LogP contribution in [0.25, 0.3) is 9.88 Å². The van der Waals surface area contributed by atoms with Crippen molar-refractivity contribution in [1.82, 2.24) is 20.5 Å². The van der Waals surface area contributed by atoms with Crippen LogP contribution in [0, 0.1) is 5.92 Å². The molecular formula is C19H27ClN4OS2. The molecule has 5 nitrogen and oxygen atoms in total. The first-order valence-electron chi connectivity index (χ1n) is 9.49. The molecular weight excluding hydrogens is 400 g/mol. The van der Waals surface area contributed by atoms with Crippen molar-refractivity contribution < 1.29 is 4.79 Å². The van der Waals surface area contributed by atoms with Gasteiger partial charge in [-0.1, -0.05) is 6.07 Å². The fourth-order valence-electron chi connectivity index (χ4n) is 3.86. The number of amides is 1. The van der Waals surface area contributed by atoms with E-state index in [1.165, 1.54) is 23.4 Å². The van der Waals surface area contributed by atoms with Crippen molar-refractivity contribution in [3.8, 4) is 9.88 Å². The topological polar surface area (TPSA) is 57.3 Å². The minimum atomic E-state index is 0. The number of likely N-dealkylation sites (tertiary alicyclic amines) is 1. The van der Waals surface area contributed by atoms with Gasteiger partial charge >= 0.3 is 0 Å². The van der Waals surface area contributed by atoms with Crippen LogP contribution in [0.2, 0.25) is 0 Å². The Morgan fingerprint density at radius 3 is 3.04 bits per heavy atom. The van der Waals surface area contributed by atoms with Crippen LogP contribution in [-0.2, 0) is 11.3 Å². The largest absolute Gasteiger partial charge is 0.354 e. The maximum Gasteiger partial charge on any atom is 0.237 e. The minimum absolute atomic E-state index is 0. The SMILES string of the molecule is Cl.O=C(NCC1CCCN(Cc2csc(-c3cccs3)n2)C1)C1CCCN1. The lowest BCUT2D eigenvalue weighted by atomic mass is 9.97. The third-order valence-corrected chi connectivity index (χ3v) is 7.14. The van der Waals surface area contributed by atoms with E-state index >= 15 is 0 Å². The van der Waals surface area contributed by atoms with Gasteiger partial charge in [-0.25, -0.2) is 4.98 Å². The van der Waals surface area contributed by atoms with Crippen LogP contribution in [0.1, 0.15) is 31.4 Å². The van der Waals surface area contributed by atoms with Crippen LogP contribution in [-0.4, -0.2) is 48.0 Å². The van der Waals surface area contributed by atoms with E-state index in [2.05, 4.69) is 38.4 Å². The number of hydrogen-bond acceptors (Lipinski definition) is 6. The Kier molecular flexibility index (Phi) is 7.66. The first kappa shape index (κ1) is 20.7. The van der Waals surface area contributed by atoms with Crippen molar-refractivity contribution in [2.75, 3.05) is 26.2 Å². The first-order valence-corrected chi connectivity index (χ1v) is 11.3. The van der Waals surface area contributed by atoms with Gasteiger partial charge in [0.1, 0.15) is 5.01 Å². The molecule has 0 spiro atoms. The predicted octanol–water partition coefficient (Wildman–Crippen LogP) is 3.37. The fraction of sp³-hybridized carbons (Fsp3) is 0.579. The van der Waals surface area contributed by atoms with Crippen molar-refractivity contribution in [3.63, 3.8) is 0 Å². The van der Waals surface area contributed by atoms with E-state index in [1.807, 2.05) is 0 Å². The van der Waals surface area contributed by atoms with Crippen molar-refractivity contribution >= 4 is 41.0 Å². The molecule has 2 aromatic heterocycles. The average Bonchev–Trinajstić information content (AvgIpc) is 3.41. The predicted molar refractivity (Wildman–Crippen MR) is 115 cm³/mol. The molecule has 2 atom stereocenters. The number of thiophene rings is 1. The third kappa shape index (κ3) is 5.51. The summed E-state index contributed by atoms with van der Waals surface area (Å²) in [5.41, 5.74) is 1.17. The van der Waals surface area contributed by atoms with Gasteiger partial charge in [0.05, 0.1) is 16.6 Å². The number of halogens is 1. The van der Waals surface area contributed by atoms with Gasteiger partial charge in [-0.15, -0.1) is 35.1 Å². The van der Waals surface area contributed by atoms with Crippen LogP contribution in [0.5, 0.6) is 0 Å². The van der Waals surface area contributed by atoms with E-state index in [1.54, 1.807) is 22.7 Å². The molecule has 2 unspecified atom stereocenters. The zero-order chi connectivity index (χ0) is 17.8. The zero-order valence-electron chi connectivity index (χ0n) is 15.4. The highest BCUT2D eigenvalue weighted by Crippen LogP contribution is 2.28. The lowest BCUT2D eigenvalue weighted by Gasteiger charge is -2.32. The Bertz CT molecular complexity index is 715. The lowest BCUT2D eigenvalue weighted by Crippen LogP contribution is -2.45. The highest BCUT2D eigenvalue weighted by atomic mass is 35.5. The molecule has 2 fully saturated rings. The second-order valence-electron chi connectivity index (χ2n) is 7.26. The molecule has 4 rings (SSSR count). The third-order valence-electron chi connectivity index (χ3n) is 5.21. The number of hydrogen-bond donors (Lipinski definition) is 2. The molecule has 2 N–H and O–H groups in total. The number of piperidine rings is 1. The number of nitrogens with zero attached hydrogens (tertiary/aromatic N) is 2. The van der Waals surface area contributed by atoms with Crippen LogP contribution < -0.4 is 10.6 Å². The molecule has 2 aliphatic heterocycles. The molecule has 27 heavy (non-hydrogen) atoms. The molecule has 0 saturated carbocycles. The van der Waals surface area contributed by atoms with E-state index in [0.29, 0.717) is 5.92 Å². The number of nitrogens with one attached hydrogen (secondary N) is 2. The summed E-state index contributed by atoms with van der Waals surface area (Å²) in [6.45, 7) is 4.85. The molecule has 148 valence electrons. The monoisotopic (exact) mass is 426 g/mol. The normalized spacial score (nSPS) is 23.1. The summed E-state index contributed by atoms with van der Waals surface area (Å²) in [5.74, 6) is 0.726. The number of carbonyl (C=O) groups is 1. The van der Waals surface area contributed by atoms with Gasteiger partial charge in [0.2, 0.25) is 5.91 Å². The van der Waals surface area contributed by atoms with Gasteiger partial charge in [0, 0.05) is 25.0 Å². The lowest BCUT2D eigenvalue weighted by molar-refractivity contribution is -0.123. The second-order valence-corrected chi connectivity index (χ2v) is 9.06. The highest BCUT2D eigenvalue weighted by Gasteiger charge is 2.25. The average molecular weight is 427 g/mol. The Morgan fingerprint density at radius 1 is 1.33 bits per heavy atom. The molecule has 0 aliphatic carbocycles. The summed E-state index contributed by atoms with van der Waals surface area (Å²) in [4.78, 5) is 20.7. The van der Waals surface area contributed by atoms with E-state index in [0.717, 1.165) is 50.6 Å². The first-order chi connectivity index (χ1) is 12.8. The second kappa shape index (κ2) is 9.98. The maximum absolute atomic E-state index is 12.2. The van der Waals surface area contributed by atoms with Crippen molar-refractivity contribution in [1.29, 1.82) is 0 Å². The quantitative estimate of drug-likeness (QED) is 0.743. The van der Waals surface area contributed by atoms with Crippen LogP contribution in [0.3, 0.4) is 0 Å². The molecule has 1 amide bonds. The highest BCUT2D eigenvalue weighted by molar-refractivity contribution is 7.20.